The van der Waals surface area contributed by atoms with Crippen molar-refractivity contribution in [1.82, 2.24) is 0 Å². The lowest BCUT2D eigenvalue weighted by molar-refractivity contribution is -0.548. The van der Waals surface area contributed by atoms with Gasteiger partial charge in [0.15, 0.2) is 5.79 Å². The van der Waals surface area contributed by atoms with E-state index in [4.69, 9.17) is 15.0 Å². The van der Waals surface area contributed by atoms with Crippen molar-refractivity contribution in [3.8, 4) is 0 Å². The third-order valence-corrected chi connectivity index (χ3v) is 4.22. The Morgan fingerprint density at radius 3 is 1.68 bits per heavy atom. The van der Waals surface area contributed by atoms with Crippen LogP contribution in [0.4, 0.5) is 0 Å². The lowest BCUT2D eigenvalue weighted by Crippen LogP contribution is -2.43. The number of rotatable bonds is 9. The van der Waals surface area contributed by atoms with Gasteiger partial charge in [-0.2, -0.15) is 9.78 Å². The van der Waals surface area contributed by atoms with Gasteiger partial charge in [0.2, 0.25) is 5.79 Å². The van der Waals surface area contributed by atoms with Crippen molar-refractivity contribution >= 4 is 0 Å². The molecule has 0 aromatic carbocycles. The second-order valence-electron chi connectivity index (χ2n) is 6.38. The van der Waals surface area contributed by atoms with E-state index in [0.717, 1.165) is 38.5 Å². The Morgan fingerprint density at radius 1 is 0.760 bits per heavy atom. The summed E-state index contributed by atoms with van der Waals surface area (Å²) in [5, 5.41) is 19.1. The molecular weight excluding hydrogens is 328 g/mol. The molecule has 0 aromatic heterocycles. The normalized spacial score (nSPS) is 21.7. The summed E-state index contributed by atoms with van der Waals surface area (Å²) in [5.41, 5.74) is 0. The highest BCUT2D eigenvalue weighted by Gasteiger charge is 2.40. The molecule has 0 saturated heterocycles. The summed E-state index contributed by atoms with van der Waals surface area (Å²) >= 11 is 0. The molecule has 0 unspecified atom stereocenters. The summed E-state index contributed by atoms with van der Waals surface area (Å²) in [7, 11) is 0. The van der Waals surface area contributed by atoms with Crippen LogP contribution < -0.4 is 0 Å². The third-order valence-electron chi connectivity index (χ3n) is 4.22. The predicted octanol–water partition coefficient (Wildman–Crippen LogP) is 4.04. The smallest absolute Gasteiger partial charge is 0.233 e. The van der Waals surface area contributed by atoms with Crippen LogP contribution in [0.5, 0.6) is 0 Å². The van der Waals surface area contributed by atoms with Crippen LogP contribution in [0.3, 0.4) is 0 Å². The molecule has 2 rings (SSSR count). The minimum atomic E-state index is -1.21. The predicted molar refractivity (Wildman–Crippen MR) is 92.0 cm³/mol. The van der Waals surface area contributed by atoms with Crippen LogP contribution in [-0.2, 0) is 24.4 Å². The van der Waals surface area contributed by atoms with Crippen molar-refractivity contribution in [2.75, 3.05) is 13.2 Å². The van der Waals surface area contributed by atoms with E-state index in [1.807, 2.05) is 0 Å². The van der Waals surface area contributed by atoms with Gasteiger partial charge < -0.3 is 5.11 Å². The average molecular weight is 360 g/mol. The van der Waals surface area contributed by atoms with Crippen molar-refractivity contribution in [2.24, 2.45) is 0 Å². The SMILES string of the molecule is C=CCOOCC=C.OOC1(OOC2(O)CCCCC2)CCCCC1. The first kappa shape index (κ1) is 22.2. The molecule has 2 N–H and O–H groups in total. The van der Waals surface area contributed by atoms with E-state index in [-0.39, 0.29) is 0 Å². The maximum Gasteiger partial charge on any atom is 0.233 e. The van der Waals surface area contributed by atoms with Crippen molar-refractivity contribution in [3.63, 3.8) is 0 Å². The highest BCUT2D eigenvalue weighted by Crippen LogP contribution is 2.36. The molecule has 0 radical (unpaired) electrons. The highest BCUT2D eigenvalue weighted by atomic mass is 17.3. The van der Waals surface area contributed by atoms with Crippen molar-refractivity contribution in [2.45, 2.75) is 75.8 Å². The Labute approximate surface area is 150 Å². The van der Waals surface area contributed by atoms with Crippen molar-refractivity contribution < 1.29 is 34.8 Å². The molecule has 2 aliphatic rings. The highest BCUT2D eigenvalue weighted by molar-refractivity contribution is 4.75. The zero-order valence-corrected chi connectivity index (χ0v) is 15.0. The van der Waals surface area contributed by atoms with Gasteiger partial charge in [0, 0.05) is 25.7 Å². The van der Waals surface area contributed by atoms with E-state index >= 15 is 0 Å². The molecule has 0 heterocycles. The molecule has 0 bridgehead atoms. The van der Waals surface area contributed by atoms with Gasteiger partial charge in [-0.25, -0.2) is 19.9 Å². The molecule has 0 atom stereocenters. The monoisotopic (exact) mass is 360 g/mol. The Bertz CT molecular complexity index is 350. The van der Waals surface area contributed by atoms with Crippen LogP contribution in [0.2, 0.25) is 0 Å². The fourth-order valence-corrected chi connectivity index (χ4v) is 2.81. The maximum atomic E-state index is 10.1. The zero-order valence-electron chi connectivity index (χ0n) is 15.0. The molecule has 2 saturated carbocycles. The van der Waals surface area contributed by atoms with Gasteiger partial charge in [0.25, 0.3) is 0 Å². The molecule has 7 nitrogen and oxygen atoms in total. The summed E-state index contributed by atoms with van der Waals surface area (Å²) in [5.74, 6) is -2.29. The molecule has 0 amide bonds. The molecule has 0 aliphatic heterocycles. The van der Waals surface area contributed by atoms with Gasteiger partial charge in [-0.05, 0) is 25.7 Å². The molecule has 2 fully saturated rings. The molecule has 0 spiro atoms. The summed E-state index contributed by atoms with van der Waals surface area (Å²) < 4.78 is 0. The fraction of sp³-hybridized carbons (Fsp3) is 0.778. The standard InChI is InChI=1S/C12H22O5.C6H10O2/c13-11(7-3-1-4-8-11)16-17-12(15-14)9-5-2-6-10-12;1-3-5-7-8-6-4-2/h13-14H,1-10H2;3-4H,1-2,5-6H2. The largest absolute Gasteiger partial charge is 0.363 e. The van der Waals surface area contributed by atoms with Crippen LogP contribution >= 0.6 is 0 Å². The number of hydrogen-bond donors (Lipinski definition) is 2. The molecule has 0 aromatic rings. The summed E-state index contributed by atoms with van der Waals surface area (Å²) in [6, 6.07) is 0. The van der Waals surface area contributed by atoms with Gasteiger partial charge in [-0.15, -0.1) is 13.2 Å². The van der Waals surface area contributed by atoms with Gasteiger partial charge in [0.1, 0.15) is 13.2 Å². The Hall–Kier alpha value is -0.800. The number of aliphatic hydroxyl groups is 1. The van der Waals surface area contributed by atoms with Crippen molar-refractivity contribution in [1.29, 1.82) is 0 Å². The molecule has 146 valence electrons. The Morgan fingerprint density at radius 2 is 1.24 bits per heavy atom. The first-order valence-electron chi connectivity index (χ1n) is 8.98. The minimum absolute atomic E-state index is 0.424. The Balaban J connectivity index is 0.000000333. The quantitative estimate of drug-likeness (QED) is 0.211. The van der Waals surface area contributed by atoms with Gasteiger partial charge in [-0.1, -0.05) is 25.0 Å². The van der Waals surface area contributed by atoms with Gasteiger partial charge in [0.05, 0.1) is 0 Å². The maximum absolute atomic E-state index is 10.1. The van der Waals surface area contributed by atoms with Crippen molar-refractivity contribution in [3.05, 3.63) is 25.3 Å². The summed E-state index contributed by atoms with van der Waals surface area (Å²) in [4.78, 5) is 23.9. The van der Waals surface area contributed by atoms with Crippen LogP contribution in [0.1, 0.15) is 64.2 Å². The van der Waals surface area contributed by atoms with Gasteiger partial charge >= 0.3 is 0 Å². The molecule has 2 aliphatic carbocycles. The molecular formula is C18H32O7. The second kappa shape index (κ2) is 12.5. The zero-order chi connectivity index (χ0) is 18.4. The van der Waals surface area contributed by atoms with E-state index in [0.29, 0.717) is 38.9 Å². The van der Waals surface area contributed by atoms with Crippen LogP contribution in [0.15, 0.2) is 25.3 Å². The lowest BCUT2D eigenvalue weighted by Gasteiger charge is -2.37. The van der Waals surface area contributed by atoms with E-state index in [1.54, 1.807) is 12.2 Å². The fourth-order valence-electron chi connectivity index (χ4n) is 2.81. The lowest BCUT2D eigenvalue weighted by atomic mass is 9.94. The van der Waals surface area contributed by atoms with Gasteiger partial charge in [-0.3, -0.25) is 0 Å². The first-order valence-corrected chi connectivity index (χ1v) is 8.98. The van der Waals surface area contributed by atoms with Crippen LogP contribution in [-0.4, -0.2) is 35.2 Å². The van der Waals surface area contributed by atoms with E-state index < -0.39 is 11.6 Å². The van der Waals surface area contributed by atoms with E-state index in [9.17, 15) is 5.11 Å². The van der Waals surface area contributed by atoms with E-state index in [1.165, 1.54) is 0 Å². The summed E-state index contributed by atoms with van der Waals surface area (Å²) in [6.07, 6.45) is 11.5. The van der Waals surface area contributed by atoms with E-state index in [2.05, 4.69) is 27.8 Å². The van der Waals surface area contributed by atoms with Crippen LogP contribution in [0.25, 0.3) is 0 Å². The minimum Gasteiger partial charge on any atom is -0.363 e. The molecule has 25 heavy (non-hydrogen) atoms. The summed E-state index contributed by atoms with van der Waals surface area (Å²) in [6.45, 7) is 7.70. The molecule has 7 heteroatoms. The van der Waals surface area contributed by atoms with Crippen LogP contribution in [0, 0.1) is 0 Å². The average Bonchev–Trinajstić information content (AvgIpc) is 2.66. The first-order chi connectivity index (χ1) is 12.1. The second-order valence-corrected chi connectivity index (χ2v) is 6.38. The third kappa shape index (κ3) is 8.91. The Kier molecular flexibility index (Phi) is 11.2. The number of hydrogen-bond acceptors (Lipinski definition) is 7. The topological polar surface area (TPSA) is 86.6 Å².